The molecule has 0 unspecified atom stereocenters. The Morgan fingerprint density at radius 1 is 1.16 bits per heavy atom. The highest BCUT2D eigenvalue weighted by molar-refractivity contribution is 5.97. The van der Waals surface area contributed by atoms with Crippen molar-refractivity contribution in [1.29, 1.82) is 0 Å². The maximum Gasteiger partial charge on any atom is 0.265 e. The third-order valence-electron chi connectivity index (χ3n) is 3.15. The van der Waals surface area contributed by atoms with E-state index in [1.165, 1.54) is 0 Å². The van der Waals surface area contributed by atoms with Crippen molar-refractivity contribution in [2.75, 3.05) is 0 Å². The summed E-state index contributed by atoms with van der Waals surface area (Å²) in [6, 6.07) is 13.6. The summed E-state index contributed by atoms with van der Waals surface area (Å²) < 4.78 is 1.94. The van der Waals surface area contributed by atoms with E-state index in [-0.39, 0.29) is 0 Å². The molecule has 0 bridgehead atoms. The van der Waals surface area contributed by atoms with Crippen molar-refractivity contribution in [2.24, 2.45) is 5.73 Å². The summed E-state index contributed by atoms with van der Waals surface area (Å²) in [7, 11) is 0. The molecule has 0 spiro atoms. The molecule has 0 aliphatic heterocycles. The zero-order valence-electron chi connectivity index (χ0n) is 10.3. The predicted octanol–water partition coefficient (Wildman–Crippen LogP) is 2.18. The van der Waals surface area contributed by atoms with Gasteiger partial charge in [-0.05, 0) is 29.8 Å². The molecule has 0 radical (unpaired) electrons. The molecular weight excluding hydrogens is 238 g/mol. The van der Waals surface area contributed by atoms with Crippen molar-refractivity contribution in [1.82, 2.24) is 9.55 Å². The lowest BCUT2D eigenvalue weighted by Crippen LogP contribution is -2.17. The maximum atomic E-state index is 11.6. The van der Waals surface area contributed by atoms with Crippen LogP contribution in [0.15, 0.2) is 54.9 Å². The summed E-state index contributed by atoms with van der Waals surface area (Å²) in [6.07, 6.45) is 3.48. The molecule has 0 aliphatic rings. The van der Waals surface area contributed by atoms with E-state index in [1.807, 2.05) is 47.0 Å². The first-order valence-electron chi connectivity index (χ1n) is 6.02. The second kappa shape index (κ2) is 4.57. The molecule has 2 heterocycles. The third kappa shape index (κ3) is 2.08. The lowest BCUT2D eigenvalue weighted by Gasteiger charge is -2.08. The molecule has 0 aliphatic carbocycles. The first kappa shape index (κ1) is 11.5. The average Bonchev–Trinajstić information content (AvgIpc) is 2.79. The summed E-state index contributed by atoms with van der Waals surface area (Å²) in [5.74, 6) is -0.412. The number of aromatic nitrogens is 2. The third-order valence-corrected chi connectivity index (χ3v) is 3.15. The molecule has 3 aromatic rings. The molecule has 0 atom stereocenters. The number of nitrogens with zero attached hydrogens (tertiary/aromatic N) is 2. The SMILES string of the molecule is NC(=O)c1cc2ccccc2n1Cc1ccncc1. The molecule has 19 heavy (non-hydrogen) atoms. The number of amides is 1. The van der Waals surface area contributed by atoms with Crippen molar-refractivity contribution >= 4 is 16.8 Å². The first-order chi connectivity index (χ1) is 9.25. The van der Waals surface area contributed by atoms with Crippen LogP contribution in [-0.2, 0) is 6.54 Å². The number of hydrogen-bond acceptors (Lipinski definition) is 2. The molecule has 2 aromatic heterocycles. The van der Waals surface area contributed by atoms with Crippen LogP contribution in [-0.4, -0.2) is 15.5 Å². The Labute approximate surface area is 110 Å². The summed E-state index contributed by atoms with van der Waals surface area (Å²) in [4.78, 5) is 15.6. The second-order valence-corrected chi connectivity index (χ2v) is 4.39. The van der Waals surface area contributed by atoms with Crippen molar-refractivity contribution in [3.63, 3.8) is 0 Å². The zero-order valence-corrected chi connectivity index (χ0v) is 10.3. The summed E-state index contributed by atoms with van der Waals surface area (Å²) in [5, 5.41) is 1.02. The van der Waals surface area contributed by atoms with Gasteiger partial charge in [0.2, 0.25) is 0 Å². The van der Waals surface area contributed by atoms with Gasteiger partial charge in [-0.15, -0.1) is 0 Å². The van der Waals surface area contributed by atoms with E-state index in [9.17, 15) is 4.79 Å². The zero-order chi connectivity index (χ0) is 13.2. The number of nitrogens with two attached hydrogens (primary N) is 1. The van der Waals surface area contributed by atoms with Gasteiger partial charge in [0.25, 0.3) is 5.91 Å². The van der Waals surface area contributed by atoms with Gasteiger partial charge in [-0.25, -0.2) is 0 Å². The van der Waals surface area contributed by atoms with Gasteiger partial charge in [-0.2, -0.15) is 0 Å². The highest BCUT2D eigenvalue weighted by Gasteiger charge is 2.12. The second-order valence-electron chi connectivity index (χ2n) is 4.39. The number of para-hydroxylation sites is 1. The first-order valence-corrected chi connectivity index (χ1v) is 6.02. The highest BCUT2D eigenvalue weighted by atomic mass is 16.1. The fourth-order valence-corrected chi connectivity index (χ4v) is 2.26. The average molecular weight is 251 g/mol. The standard InChI is InChI=1S/C15H13N3O/c16-15(19)14-9-12-3-1-2-4-13(12)18(14)10-11-5-7-17-8-6-11/h1-9H,10H2,(H2,16,19). The molecule has 2 N–H and O–H groups in total. The Morgan fingerprint density at radius 3 is 2.63 bits per heavy atom. The molecule has 94 valence electrons. The van der Waals surface area contributed by atoms with Crippen molar-refractivity contribution < 1.29 is 4.79 Å². The molecule has 1 amide bonds. The number of benzene rings is 1. The highest BCUT2D eigenvalue weighted by Crippen LogP contribution is 2.20. The normalized spacial score (nSPS) is 10.7. The van der Waals surface area contributed by atoms with Gasteiger partial charge >= 0.3 is 0 Å². The minimum atomic E-state index is -0.412. The van der Waals surface area contributed by atoms with Gasteiger partial charge in [-0.1, -0.05) is 18.2 Å². The molecule has 0 fully saturated rings. The Hall–Kier alpha value is -2.62. The van der Waals surface area contributed by atoms with Crippen LogP contribution < -0.4 is 5.73 Å². The molecule has 1 aromatic carbocycles. The summed E-state index contributed by atoms with van der Waals surface area (Å²) >= 11 is 0. The van der Waals surface area contributed by atoms with Gasteiger partial charge in [0.05, 0.1) is 0 Å². The van der Waals surface area contributed by atoms with Crippen LogP contribution in [0.2, 0.25) is 0 Å². The Bertz CT molecular complexity index is 731. The van der Waals surface area contributed by atoms with Crippen LogP contribution in [0.3, 0.4) is 0 Å². The van der Waals surface area contributed by atoms with E-state index in [0.717, 1.165) is 16.5 Å². The Balaban J connectivity index is 2.15. The van der Waals surface area contributed by atoms with E-state index in [2.05, 4.69) is 4.98 Å². The van der Waals surface area contributed by atoms with Crippen LogP contribution in [0.5, 0.6) is 0 Å². The summed E-state index contributed by atoms with van der Waals surface area (Å²) in [5.41, 5.74) is 8.08. The van der Waals surface area contributed by atoms with Crippen LogP contribution in [0.25, 0.3) is 10.9 Å². The smallest absolute Gasteiger partial charge is 0.265 e. The number of hydrogen-bond donors (Lipinski definition) is 1. The van der Waals surface area contributed by atoms with E-state index >= 15 is 0 Å². The number of carbonyl (C=O) groups excluding carboxylic acids is 1. The minimum Gasteiger partial charge on any atom is -0.364 e. The monoisotopic (exact) mass is 251 g/mol. The lowest BCUT2D eigenvalue weighted by atomic mass is 10.2. The maximum absolute atomic E-state index is 11.6. The number of fused-ring (bicyclic) bond motifs is 1. The molecular formula is C15H13N3O. The fraction of sp³-hybridized carbons (Fsp3) is 0.0667. The number of pyridine rings is 1. The van der Waals surface area contributed by atoms with Gasteiger partial charge in [0.15, 0.2) is 0 Å². The molecule has 0 saturated carbocycles. The van der Waals surface area contributed by atoms with Gasteiger partial charge in [0, 0.05) is 29.8 Å². The van der Waals surface area contributed by atoms with E-state index in [4.69, 9.17) is 5.73 Å². The molecule has 0 saturated heterocycles. The largest absolute Gasteiger partial charge is 0.364 e. The topological polar surface area (TPSA) is 60.9 Å². The van der Waals surface area contributed by atoms with Gasteiger partial charge in [-0.3, -0.25) is 9.78 Å². The molecule has 4 nitrogen and oxygen atoms in total. The van der Waals surface area contributed by atoms with Crippen LogP contribution in [0.1, 0.15) is 16.1 Å². The van der Waals surface area contributed by atoms with E-state index in [1.54, 1.807) is 12.4 Å². The van der Waals surface area contributed by atoms with Crippen molar-refractivity contribution in [3.05, 3.63) is 66.1 Å². The van der Waals surface area contributed by atoms with Gasteiger partial charge < -0.3 is 10.3 Å². The molecule has 3 rings (SSSR count). The van der Waals surface area contributed by atoms with Crippen molar-refractivity contribution in [2.45, 2.75) is 6.54 Å². The number of carbonyl (C=O) groups is 1. The fourth-order valence-electron chi connectivity index (χ4n) is 2.26. The predicted molar refractivity (Wildman–Crippen MR) is 73.8 cm³/mol. The minimum absolute atomic E-state index is 0.412. The van der Waals surface area contributed by atoms with E-state index < -0.39 is 5.91 Å². The van der Waals surface area contributed by atoms with Crippen molar-refractivity contribution in [3.8, 4) is 0 Å². The van der Waals surface area contributed by atoms with Gasteiger partial charge in [0.1, 0.15) is 5.69 Å². The Kier molecular flexibility index (Phi) is 2.76. The number of rotatable bonds is 3. The van der Waals surface area contributed by atoms with Crippen LogP contribution in [0.4, 0.5) is 0 Å². The number of primary amides is 1. The van der Waals surface area contributed by atoms with E-state index in [0.29, 0.717) is 12.2 Å². The molecule has 4 heteroatoms. The lowest BCUT2D eigenvalue weighted by molar-refractivity contribution is 0.0992. The Morgan fingerprint density at radius 2 is 1.89 bits per heavy atom. The van der Waals surface area contributed by atoms with Crippen LogP contribution in [0, 0.1) is 0 Å². The van der Waals surface area contributed by atoms with Crippen LogP contribution >= 0.6 is 0 Å². The quantitative estimate of drug-likeness (QED) is 0.775. The summed E-state index contributed by atoms with van der Waals surface area (Å²) in [6.45, 7) is 0.605.